The van der Waals surface area contributed by atoms with Crippen LogP contribution >= 0.6 is 0 Å². The number of aromatic nitrogens is 2. The van der Waals surface area contributed by atoms with Crippen molar-refractivity contribution < 1.29 is 17.6 Å². The summed E-state index contributed by atoms with van der Waals surface area (Å²) in [5, 5.41) is 0. The predicted molar refractivity (Wildman–Crippen MR) is 106 cm³/mol. The summed E-state index contributed by atoms with van der Waals surface area (Å²) >= 11 is 0. The second-order valence-corrected chi connectivity index (χ2v) is 9.12. The van der Waals surface area contributed by atoms with Crippen LogP contribution < -0.4 is 16.1 Å². The molecule has 29 heavy (non-hydrogen) atoms. The number of oxazole rings is 1. The van der Waals surface area contributed by atoms with Gasteiger partial charge in [0, 0.05) is 32.4 Å². The molecule has 1 saturated heterocycles. The first-order valence-electron chi connectivity index (χ1n) is 9.11. The Hall–Kier alpha value is -2.85. The summed E-state index contributed by atoms with van der Waals surface area (Å²) in [6, 6.07) is 7.51. The number of rotatable bonds is 4. The highest BCUT2D eigenvalue weighted by atomic mass is 32.2. The van der Waals surface area contributed by atoms with Crippen LogP contribution in [-0.4, -0.2) is 41.1 Å². The molecule has 1 aliphatic rings. The lowest BCUT2D eigenvalue weighted by Crippen LogP contribution is -2.31. The van der Waals surface area contributed by atoms with Crippen molar-refractivity contribution >= 4 is 21.1 Å². The zero-order chi connectivity index (χ0) is 20.9. The van der Waals surface area contributed by atoms with Gasteiger partial charge in [0.2, 0.25) is 10.0 Å². The quantitative estimate of drug-likeness (QED) is 0.625. The van der Waals surface area contributed by atoms with Gasteiger partial charge >= 0.3 is 5.76 Å². The highest BCUT2D eigenvalue weighted by Gasteiger charge is 2.34. The molecule has 0 aliphatic carbocycles. The zero-order valence-corrected chi connectivity index (χ0v) is 17.1. The third-order valence-corrected chi connectivity index (χ3v) is 7.15. The lowest BCUT2D eigenvalue weighted by Gasteiger charge is -2.18. The van der Waals surface area contributed by atoms with Gasteiger partial charge in [-0.1, -0.05) is 0 Å². The summed E-state index contributed by atoms with van der Waals surface area (Å²) in [7, 11) is -0.553. The van der Waals surface area contributed by atoms with Crippen molar-refractivity contribution in [2.75, 3.05) is 13.1 Å². The van der Waals surface area contributed by atoms with Gasteiger partial charge in [-0.2, -0.15) is 4.31 Å². The third kappa shape index (κ3) is 3.38. The van der Waals surface area contributed by atoms with Gasteiger partial charge in [0.15, 0.2) is 5.58 Å². The van der Waals surface area contributed by atoms with Crippen molar-refractivity contribution in [2.45, 2.75) is 24.3 Å². The van der Waals surface area contributed by atoms with E-state index in [-0.39, 0.29) is 23.1 Å². The van der Waals surface area contributed by atoms with Gasteiger partial charge in [-0.25, -0.2) is 13.2 Å². The van der Waals surface area contributed by atoms with E-state index in [1.165, 1.54) is 44.8 Å². The van der Waals surface area contributed by atoms with Gasteiger partial charge in [0.05, 0.1) is 17.0 Å². The SMILES string of the molecule is Cc1cc(OC2CCN(S(=O)(=O)c3ccc4oc(=O)n(C)c4c3)C2)cc(=O)n1C. The van der Waals surface area contributed by atoms with Crippen LogP contribution in [0.4, 0.5) is 0 Å². The second kappa shape index (κ2) is 6.89. The molecule has 0 saturated carbocycles. The van der Waals surface area contributed by atoms with Crippen LogP contribution in [0.5, 0.6) is 5.75 Å². The number of nitrogens with zero attached hydrogens (tertiary/aromatic N) is 3. The molecule has 0 amide bonds. The first-order chi connectivity index (χ1) is 13.7. The number of sulfonamides is 1. The molecule has 2 aromatic heterocycles. The Morgan fingerprint density at radius 1 is 1.10 bits per heavy atom. The molecule has 4 rings (SSSR count). The molecule has 1 aromatic carbocycles. The Kier molecular flexibility index (Phi) is 4.62. The van der Waals surface area contributed by atoms with Gasteiger partial charge in [-0.3, -0.25) is 9.36 Å². The highest BCUT2D eigenvalue weighted by molar-refractivity contribution is 7.89. The Morgan fingerprint density at radius 3 is 2.59 bits per heavy atom. The molecule has 0 spiro atoms. The van der Waals surface area contributed by atoms with Crippen LogP contribution in [0.25, 0.3) is 11.1 Å². The van der Waals surface area contributed by atoms with E-state index in [9.17, 15) is 18.0 Å². The van der Waals surface area contributed by atoms with Crippen LogP contribution in [0.2, 0.25) is 0 Å². The molecule has 154 valence electrons. The maximum Gasteiger partial charge on any atom is 0.419 e. The molecule has 0 bridgehead atoms. The van der Waals surface area contributed by atoms with E-state index >= 15 is 0 Å². The fraction of sp³-hybridized carbons (Fsp3) is 0.368. The van der Waals surface area contributed by atoms with Crippen LogP contribution in [-0.2, 0) is 24.1 Å². The first kappa shape index (κ1) is 19.5. The van der Waals surface area contributed by atoms with E-state index in [1.807, 2.05) is 0 Å². The zero-order valence-electron chi connectivity index (χ0n) is 16.3. The average Bonchev–Trinajstić information content (AvgIpc) is 3.25. The molecular formula is C19H21N3O6S. The summed E-state index contributed by atoms with van der Waals surface area (Å²) in [4.78, 5) is 23.7. The lowest BCUT2D eigenvalue weighted by atomic mass is 10.3. The number of ether oxygens (including phenoxy) is 1. The molecule has 1 unspecified atom stereocenters. The number of pyridine rings is 1. The van der Waals surface area contributed by atoms with E-state index < -0.39 is 15.8 Å². The Labute approximate surface area is 166 Å². The van der Waals surface area contributed by atoms with Gasteiger partial charge in [0.25, 0.3) is 5.56 Å². The lowest BCUT2D eigenvalue weighted by molar-refractivity contribution is 0.214. The monoisotopic (exact) mass is 419 g/mol. The number of fused-ring (bicyclic) bond motifs is 1. The number of benzene rings is 1. The summed E-state index contributed by atoms with van der Waals surface area (Å²) < 4.78 is 41.1. The van der Waals surface area contributed by atoms with E-state index in [0.717, 1.165) is 5.69 Å². The van der Waals surface area contributed by atoms with Crippen molar-refractivity contribution in [3.63, 3.8) is 0 Å². The molecule has 0 N–H and O–H groups in total. The highest BCUT2D eigenvalue weighted by Crippen LogP contribution is 2.26. The van der Waals surface area contributed by atoms with Crippen molar-refractivity contribution in [3.8, 4) is 5.75 Å². The first-order valence-corrected chi connectivity index (χ1v) is 10.5. The Morgan fingerprint density at radius 2 is 1.86 bits per heavy atom. The molecule has 1 fully saturated rings. The van der Waals surface area contributed by atoms with E-state index in [0.29, 0.717) is 29.8 Å². The van der Waals surface area contributed by atoms with Gasteiger partial charge in [0.1, 0.15) is 11.9 Å². The molecule has 9 nitrogen and oxygen atoms in total. The molecule has 10 heteroatoms. The molecule has 1 atom stereocenters. The second-order valence-electron chi connectivity index (χ2n) is 7.18. The van der Waals surface area contributed by atoms with Crippen LogP contribution in [0.15, 0.2) is 49.2 Å². The maximum atomic E-state index is 13.0. The summed E-state index contributed by atoms with van der Waals surface area (Å²) in [6.07, 6.45) is 0.165. The van der Waals surface area contributed by atoms with E-state index in [4.69, 9.17) is 9.15 Å². The summed E-state index contributed by atoms with van der Waals surface area (Å²) in [5.74, 6) is -0.113. The minimum absolute atomic E-state index is 0.0893. The molecule has 3 aromatic rings. The Bertz CT molecular complexity index is 1320. The minimum atomic E-state index is -3.76. The topological polar surface area (TPSA) is 104 Å². The van der Waals surface area contributed by atoms with Gasteiger partial charge < -0.3 is 13.7 Å². The predicted octanol–water partition coefficient (Wildman–Crippen LogP) is 0.981. The fourth-order valence-corrected chi connectivity index (χ4v) is 4.93. The molecule has 0 radical (unpaired) electrons. The number of hydrogen-bond acceptors (Lipinski definition) is 6. The smallest absolute Gasteiger partial charge is 0.419 e. The van der Waals surface area contributed by atoms with Crippen LogP contribution in [0, 0.1) is 6.92 Å². The summed E-state index contributed by atoms with van der Waals surface area (Å²) in [6.45, 7) is 2.29. The normalized spacial score (nSPS) is 17.8. The minimum Gasteiger partial charge on any atom is -0.489 e. The van der Waals surface area contributed by atoms with Gasteiger partial charge in [-0.05, 0) is 37.6 Å². The van der Waals surface area contributed by atoms with Crippen molar-refractivity contribution in [1.82, 2.24) is 13.4 Å². The summed E-state index contributed by atoms with van der Waals surface area (Å²) in [5.41, 5.74) is 1.33. The van der Waals surface area contributed by atoms with Gasteiger partial charge in [-0.15, -0.1) is 0 Å². The Balaban J connectivity index is 1.56. The molecular weight excluding hydrogens is 398 g/mol. The number of hydrogen-bond donors (Lipinski definition) is 0. The standard InChI is InChI=1S/C19H21N3O6S/c1-12-8-14(9-18(23)20(12)2)27-13-6-7-22(11-13)29(25,26)15-4-5-17-16(10-15)21(3)19(24)28-17/h4-5,8-10,13H,6-7,11H2,1-3H3. The molecule has 1 aliphatic heterocycles. The molecule has 3 heterocycles. The van der Waals surface area contributed by atoms with Crippen molar-refractivity contribution in [2.24, 2.45) is 14.1 Å². The number of aryl methyl sites for hydroxylation is 2. The van der Waals surface area contributed by atoms with Crippen molar-refractivity contribution in [1.29, 1.82) is 0 Å². The fourth-order valence-electron chi connectivity index (χ4n) is 3.43. The van der Waals surface area contributed by atoms with Crippen LogP contribution in [0.3, 0.4) is 0 Å². The maximum absolute atomic E-state index is 13.0. The van der Waals surface area contributed by atoms with Crippen LogP contribution in [0.1, 0.15) is 12.1 Å². The van der Waals surface area contributed by atoms with E-state index in [1.54, 1.807) is 20.0 Å². The third-order valence-electron chi connectivity index (χ3n) is 5.29. The average molecular weight is 419 g/mol. The largest absolute Gasteiger partial charge is 0.489 e. The van der Waals surface area contributed by atoms with E-state index in [2.05, 4.69) is 0 Å². The van der Waals surface area contributed by atoms with Crippen molar-refractivity contribution in [3.05, 3.63) is 56.9 Å².